The third-order valence-electron chi connectivity index (χ3n) is 8.14. The Kier molecular flexibility index (Phi) is 21.5. The van der Waals surface area contributed by atoms with Gasteiger partial charge in [0, 0.05) is 19.3 Å². The molecule has 24 nitrogen and oxygen atoms in total. The van der Waals surface area contributed by atoms with E-state index in [-0.39, 0.29) is 6.42 Å². The number of nitrogens with two attached hydrogens (primary N) is 2. The lowest BCUT2D eigenvalue weighted by Gasteiger charge is -2.28. The van der Waals surface area contributed by atoms with E-state index in [1.54, 1.807) is 30.3 Å². The van der Waals surface area contributed by atoms with Crippen LogP contribution in [-0.4, -0.2) is 153 Å². The summed E-state index contributed by atoms with van der Waals surface area (Å²) in [6, 6.07) is -3.56. The molecule has 8 amide bonds. The molecule has 16 N–H and O–H groups in total. The van der Waals surface area contributed by atoms with Gasteiger partial charge in [0.15, 0.2) is 0 Å². The highest BCUT2D eigenvalue weighted by Gasteiger charge is 2.35. The lowest BCUT2D eigenvalue weighted by molar-refractivity contribution is -0.144. The van der Waals surface area contributed by atoms with Crippen LogP contribution < -0.4 is 48.7 Å². The highest BCUT2D eigenvalue weighted by atomic mass is 16.4. The number of amides is 8. The maximum Gasteiger partial charge on any atom is 0.328 e. The minimum absolute atomic E-state index is 0.277. The Morgan fingerprint density at radius 2 is 1.07 bits per heavy atom. The van der Waals surface area contributed by atoms with Gasteiger partial charge in [-0.25, -0.2) is 4.79 Å². The molecule has 1 aromatic rings. The van der Waals surface area contributed by atoms with Gasteiger partial charge in [0.1, 0.15) is 42.3 Å². The van der Waals surface area contributed by atoms with Crippen LogP contribution in [0.25, 0.3) is 0 Å². The SMILES string of the molecule is CC(NC(=O)CN)C(=O)NC(CO)C(=O)NC(CCC(N)=O)C(=O)NC(Cc1ccccc1)C(=O)NC(CCC(=O)O)C(=O)NC(C(=O)NC(CO)C(=O)O)C(C)O. The van der Waals surface area contributed by atoms with Crippen LogP contribution in [0.15, 0.2) is 30.3 Å². The van der Waals surface area contributed by atoms with Crippen molar-refractivity contribution in [3.05, 3.63) is 35.9 Å². The molecule has 0 fully saturated rings. The van der Waals surface area contributed by atoms with E-state index in [9.17, 15) is 68.4 Å². The molecule has 1 rings (SSSR count). The zero-order valence-corrected chi connectivity index (χ0v) is 31.6. The molecule has 24 heteroatoms. The Bertz CT molecular complexity index is 1630. The molecule has 8 atom stereocenters. The largest absolute Gasteiger partial charge is 0.481 e. The fourth-order valence-electron chi connectivity index (χ4n) is 4.93. The van der Waals surface area contributed by atoms with E-state index in [1.807, 2.05) is 5.32 Å². The second kappa shape index (κ2) is 25.1. The first-order valence-corrected chi connectivity index (χ1v) is 17.7. The number of nitrogens with one attached hydrogen (secondary N) is 7. The van der Waals surface area contributed by atoms with E-state index in [2.05, 4.69) is 31.9 Å². The van der Waals surface area contributed by atoms with E-state index >= 15 is 0 Å². The summed E-state index contributed by atoms with van der Waals surface area (Å²) in [7, 11) is 0. The van der Waals surface area contributed by atoms with Gasteiger partial charge in [-0.1, -0.05) is 30.3 Å². The summed E-state index contributed by atoms with van der Waals surface area (Å²) in [6.07, 6.45) is -4.19. The first-order chi connectivity index (χ1) is 27.2. The topological polar surface area (TPSA) is 408 Å². The highest BCUT2D eigenvalue weighted by Crippen LogP contribution is 2.09. The monoisotopic (exact) mass is 825 g/mol. The average molecular weight is 826 g/mol. The Balaban J connectivity index is 3.43. The molecule has 0 saturated carbocycles. The van der Waals surface area contributed by atoms with Crippen molar-refractivity contribution < 1.29 is 73.5 Å². The number of rotatable bonds is 26. The first-order valence-electron chi connectivity index (χ1n) is 17.7. The summed E-state index contributed by atoms with van der Waals surface area (Å²) in [5.74, 6) is -11.3. The van der Waals surface area contributed by atoms with Gasteiger partial charge in [0.25, 0.3) is 0 Å². The zero-order chi connectivity index (χ0) is 44.1. The number of aliphatic hydroxyl groups is 3. The number of carbonyl (C=O) groups excluding carboxylic acids is 8. The van der Waals surface area contributed by atoms with Gasteiger partial charge in [0.2, 0.25) is 47.3 Å². The molecular weight excluding hydrogens is 774 g/mol. The number of aliphatic hydroxyl groups excluding tert-OH is 3. The van der Waals surface area contributed by atoms with Crippen LogP contribution in [0, 0.1) is 0 Å². The van der Waals surface area contributed by atoms with Gasteiger partial charge >= 0.3 is 11.9 Å². The maximum absolute atomic E-state index is 13.8. The van der Waals surface area contributed by atoms with Gasteiger partial charge in [-0.15, -0.1) is 0 Å². The van der Waals surface area contributed by atoms with Crippen molar-refractivity contribution in [1.82, 2.24) is 37.2 Å². The summed E-state index contributed by atoms with van der Waals surface area (Å²) < 4.78 is 0. The van der Waals surface area contributed by atoms with Crippen molar-refractivity contribution in [2.45, 2.75) is 94.3 Å². The number of carboxylic acids is 2. The smallest absolute Gasteiger partial charge is 0.328 e. The molecule has 0 saturated heterocycles. The number of benzene rings is 1. The standard InChI is InChI=1S/C34H51N9O15/c1-16(37-25(48)13-35)28(51)41-22(14-44)32(55)39-19(8-10-24(36)47)29(52)40-21(12-18-6-4-3-5-7-18)31(54)38-20(9-11-26(49)50)30(53)43-27(17(2)46)33(56)42-23(15-45)34(57)58/h3-7,16-17,19-23,27,44-46H,8-15,35H2,1-2H3,(H2,36,47)(H,37,48)(H,38,54)(H,39,55)(H,40,52)(H,41,51)(H,42,56)(H,43,53)(H,49,50)(H,57,58). The fraction of sp³-hybridized carbons (Fsp3) is 0.529. The average Bonchev–Trinajstić information content (AvgIpc) is 3.16. The van der Waals surface area contributed by atoms with Crippen molar-refractivity contribution in [3.8, 4) is 0 Å². The predicted octanol–water partition coefficient (Wildman–Crippen LogP) is -6.82. The Labute approximate surface area is 331 Å². The van der Waals surface area contributed by atoms with Crippen LogP contribution in [0.2, 0.25) is 0 Å². The molecule has 0 heterocycles. The molecule has 0 aliphatic rings. The molecule has 0 spiro atoms. The van der Waals surface area contributed by atoms with Crippen LogP contribution in [0.1, 0.15) is 45.1 Å². The van der Waals surface area contributed by atoms with Crippen LogP contribution >= 0.6 is 0 Å². The second-order valence-corrected chi connectivity index (χ2v) is 12.9. The number of primary amides is 1. The zero-order valence-electron chi connectivity index (χ0n) is 31.6. The number of aliphatic carboxylic acids is 2. The van der Waals surface area contributed by atoms with Crippen LogP contribution in [0.5, 0.6) is 0 Å². The van der Waals surface area contributed by atoms with Gasteiger partial charge in [-0.05, 0) is 32.3 Å². The Morgan fingerprint density at radius 1 is 0.603 bits per heavy atom. The molecule has 0 aromatic heterocycles. The lowest BCUT2D eigenvalue weighted by atomic mass is 10.0. The predicted molar refractivity (Wildman–Crippen MR) is 197 cm³/mol. The number of carbonyl (C=O) groups is 10. The second-order valence-electron chi connectivity index (χ2n) is 12.9. The van der Waals surface area contributed by atoms with Gasteiger partial charge < -0.3 is 74.2 Å². The van der Waals surface area contributed by atoms with Gasteiger partial charge in [-0.2, -0.15) is 0 Å². The molecule has 0 aliphatic carbocycles. The third-order valence-corrected chi connectivity index (χ3v) is 8.14. The fourth-order valence-corrected chi connectivity index (χ4v) is 4.93. The molecule has 58 heavy (non-hydrogen) atoms. The first kappa shape index (κ1) is 49.8. The van der Waals surface area contributed by atoms with Gasteiger partial charge in [-0.3, -0.25) is 43.2 Å². The normalized spacial score (nSPS) is 14.9. The van der Waals surface area contributed by atoms with Gasteiger partial charge in [0.05, 0.1) is 25.9 Å². The van der Waals surface area contributed by atoms with Crippen molar-refractivity contribution in [1.29, 1.82) is 0 Å². The van der Waals surface area contributed by atoms with E-state index < -0.39 is 153 Å². The minimum Gasteiger partial charge on any atom is -0.481 e. The number of hydrogen-bond donors (Lipinski definition) is 14. The Hall–Kier alpha value is -6.24. The lowest BCUT2D eigenvalue weighted by Crippen LogP contribution is -2.61. The summed E-state index contributed by atoms with van der Waals surface area (Å²) in [5.41, 5.74) is 10.9. The Morgan fingerprint density at radius 3 is 1.55 bits per heavy atom. The van der Waals surface area contributed by atoms with Crippen molar-refractivity contribution in [2.24, 2.45) is 11.5 Å². The van der Waals surface area contributed by atoms with E-state index in [1.165, 1.54) is 6.92 Å². The van der Waals surface area contributed by atoms with E-state index in [0.717, 1.165) is 6.92 Å². The van der Waals surface area contributed by atoms with Crippen molar-refractivity contribution in [3.63, 3.8) is 0 Å². The number of carboxylic acid groups (broad SMARTS) is 2. The molecular formula is C34H51N9O15. The summed E-state index contributed by atoms with van der Waals surface area (Å²) in [6.45, 7) is -0.151. The molecule has 322 valence electrons. The third kappa shape index (κ3) is 17.7. The summed E-state index contributed by atoms with van der Waals surface area (Å²) >= 11 is 0. The molecule has 1 aromatic carbocycles. The molecule has 0 aliphatic heterocycles. The molecule has 0 radical (unpaired) electrons. The van der Waals surface area contributed by atoms with Crippen molar-refractivity contribution >= 4 is 59.2 Å². The maximum atomic E-state index is 13.8. The van der Waals surface area contributed by atoms with Crippen LogP contribution in [0.3, 0.4) is 0 Å². The van der Waals surface area contributed by atoms with E-state index in [4.69, 9.17) is 16.6 Å². The summed E-state index contributed by atoms with van der Waals surface area (Å²) in [5, 5.41) is 63.3. The minimum atomic E-state index is -1.86. The summed E-state index contributed by atoms with van der Waals surface area (Å²) in [4.78, 5) is 126. The highest BCUT2D eigenvalue weighted by molar-refractivity contribution is 5.98. The quantitative estimate of drug-likeness (QED) is 0.0413. The van der Waals surface area contributed by atoms with Crippen molar-refractivity contribution in [2.75, 3.05) is 19.8 Å². The molecule has 0 bridgehead atoms. The van der Waals surface area contributed by atoms with E-state index in [0.29, 0.717) is 5.56 Å². The molecule has 8 unspecified atom stereocenters. The number of hydrogen-bond acceptors (Lipinski definition) is 14. The van der Waals surface area contributed by atoms with Crippen LogP contribution in [0.4, 0.5) is 0 Å². The van der Waals surface area contributed by atoms with Crippen LogP contribution in [-0.2, 0) is 54.4 Å².